The molecule has 4 nitrogen and oxygen atoms in total. The Kier molecular flexibility index (Phi) is 2.44. The summed E-state index contributed by atoms with van der Waals surface area (Å²) >= 11 is 0. The van der Waals surface area contributed by atoms with Crippen LogP contribution in [0.2, 0.25) is 0 Å². The molecule has 0 spiro atoms. The van der Waals surface area contributed by atoms with Gasteiger partial charge in [-0.2, -0.15) is 0 Å². The van der Waals surface area contributed by atoms with E-state index in [1.165, 1.54) is 0 Å². The maximum absolute atomic E-state index is 5.56. The van der Waals surface area contributed by atoms with Crippen LogP contribution in [0, 0.1) is 0 Å². The highest BCUT2D eigenvalue weighted by Crippen LogP contribution is 2.05. The molecule has 2 aromatic heterocycles. The standard InChI is InChI=1S/C10H11N3O/c11-10-3-1-2-8(12-10)4-5-9-6-7-14-13-9/h1-3,6-7H,4-5H2,(H2,11,12). The van der Waals surface area contributed by atoms with Gasteiger partial charge in [-0.3, -0.25) is 0 Å². The fraction of sp³-hybridized carbons (Fsp3) is 0.200. The number of aryl methyl sites for hydroxylation is 2. The summed E-state index contributed by atoms with van der Waals surface area (Å²) in [5, 5.41) is 3.82. The van der Waals surface area contributed by atoms with Crippen molar-refractivity contribution in [3.63, 3.8) is 0 Å². The lowest BCUT2D eigenvalue weighted by atomic mass is 10.2. The van der Waals surface area contributed by atoms with Crippen molar-refractivity contribution in [1.29, 1.82) is 0 Å². The first-order valence-corrected chi connectivity index (χ1v) is 4.45. The second kappa shape index (κ2) is 3.91. The predicted octanol–water partition coefficient (Wildman–Crippen LogP) is 1.44. The van der Waals surface area contributed by atoms with Crippen molar-refractivity contribution in [2.45, 2.75) is 12.8 Å². The summed E-state index contributed by atoms with van der Waals surface area (Å²) in [5.41, 5.74) is 7.48. The molecule has 0 aliphatic heterocycles. The molecule has 0 saturated carbocycles. The van der Waals surface area contributed by atoms with E-state index in [4.69, 9.17) is 10.3 Å². The molecule has 72 valence electrons. The molecular formula is C10H11N3O. The van der Waals surface area contributed by atoms with Gasteiger partial charge >= 0.3 is 0 Å². The molecule has 0 radical (unpaired) electrons. The highest BCUT2D eigenvalue weighted by molar-refractivity contribution is 5.28. The van der Waals surface area contributed by atoms with Gasteiger partial charge in [-0.25, -0.2) is 4.98 Å². The Morgan fingerprint density at radius 1 is 1.14 bits per heavy atom. The maximum Gasteiger partial charge on any atom is 0.124 e. The third-order valence-electron chi connectivity index (χ3n) is 1.96. The van der Waals surface area contributed by atoms with Gasteiger partial charge in [0.25, 0.3) is 0 Å². The number of hydrogen-bond donors (Lipinski definition) is 1. The molecule has 0 unspecified atom stereocenters. The van der Waals surface area contributed by atoms with Gasteiger partial charge in [0.2, 0.25) is 0 Å². The molecule has 2 heterocycles. The van der Waals surface area contributed by atoms with Gasteiger partial charge in [0.05, 0.1) is 5.69 Å². The van der Waals surface area contributed by atoms with Crippen molar-refractivity contribution >= 4 is 5.82 Å². The van der Waals surface area contributed by atoms with Crippen molar-refractivity contribution in [3.8, 4) is 0 Å². The summed E-state index contributed by atoms with van der Waals surface area (Å²) in [6.07, 6.45) is 3.23. The van der Waals surface area contributed by atoms with Gasteiger partial charge in [-0.1, -0.05) is 11.2 Å². The van der Waals surface area contributed by atoms with Crippen LogP contribution in [0.3, 0.4) is 0 Å². The van der Waals surface area contributed by atoms with Crippen LogP contribution in [0.25, 0.3) is 0 Å². The number of hydrogen-bond acceptors (Lipinski definition) is 4. The molecule has 0 aliphatic rings. The van der Waals surface area contributed by atoms with Crippen LogP contribution >= 0.6 is 0 Å². The van der Waals surface area contributed by atoms with Crippen LogP contribution in [0.5, 0.6) is 0 Å². The molecule has 0 bridgehead atoms. The molecule has 2 aromatic rings. The molecule has 2 N–H and O–H groups in total. The van der Waals surface area contributed by atoms with Crippen LogP contribution in [-0.4, -0.2) is 10.1 Å². The average molecular weight is 189 g/mol. The summed E-state index contributed by atoms with van der Waals surface area (Å²) in [6.45, 7) is 0. The number of aromatic nitrogens is 2. The first-order chi connectivity index (χ1) is 6.84. The van der Waals surface area contributed by atoms with E-state index >= 15 is 0 Å². The number of nitrogen functional groups attached to an aromatic ring is 1. The Hall–Kier alpha value is -1.84. The topological polar surface area (TPSA) is 64.9 Å². The zero-order valence-corrected chi connectivity index (χ0v) is 7.68. The Morgan fingerprint density at radius 3 is 2.71 bits per heavy atom. The predicted molar refractivity (Wildman–Crippen MR) is 52.6 cm³/mol. The van der Waals surface area contributed by atoms with Gasteiger partial charge in [0, 0.05) is 11.8 Å². The fourth-order valence-corrected chi connectivity index (χ4v) is 1.26. The van der Waals surface area contributed by atoms with Crippen molar-refractivity contribution < 1.29 is 4.52 Å². The minimum Gasteiger partial charge on any atom is -0.384 e. The summed E-state index contributed by atoms with van der Waals surface area (Å²) in [4.78, 5) is 4.19. The maximum atomic E-state index is 5.56. The van der Waals surface area contributed by atoms with Crippen LogP contribution in [0.15, 0.2) is 35.1 Å². The largest absolute Gasteiger partial charge is 0.384 e. The number of anilines is 1. The highest BCUT2D eigenvalue weighted by atomic mass is 16.5. The number of pyridine rings is 1. The number of rotatable bonds is 3. The molecular weight excluding hydrogens is 178 g/mol. The summed E-state index contributed by atoms with van der Waals surface area (Å²) in [5.74, 6) is 0.558. The van der Waals surface area contributed by atoms with Crippen LogP contribution in [0.1, 0.15) is 11.4 Å². The molecule has 0 amide bonds. The molecule has 0 fully saturated rings. The van der Waals surface area contributed by atoms with Gasteiger partial charge < -0.3 is 10.3 Å². The van der Waals surface area contributed by atoms with E-state index in [1.807, 2.05) is 18.2 Å². The van der Waals surface area contributed by atoms with Crippen molar-refractivity contribution in [1.82, 2.24) is 10.1 Å². The summed E-state index contributed by atoms with van der Waals surface area (Å²) < 4.78 is 4.73. The Bertz CT molecular complexity index is 398. The second-order valence-electron chi connectivity index (χ2n) is 3.04. The fourth-order valence-electron chi connectivity index (χ4n) is 1.26. The van der Waals surface area contributed by atoms with Crippen LogP contribution in [0.4, 0.5) is 5.82 Å². The van der Waals surface area contributed by atoms with E-state index in [-0.39, 0.29) is 0 Å². The van der Waals surface area contributed by atoms with E-state index < -0.39 is 0 Å². The van der Waals surface area contributed by atoms with Crippen LogP contribution < -0.4 is 5.73 Å². The van der Waals surface area contributed by atoms with E-state index in [9.17, 15) is 0 Å². The zero-order chi connectivity index (χ0) is 9.80. The Morgan fingerprint density at radius 2 is 2.00 bits per heavy atom. The van der Waals surface area contributed by atoms with Crippen molar-refractivity contribution in [3.05, 3.63) is 41.9 Å². The smallest absolute Gasteiger partial charge is 0.124 e. The van der Waals surface area contributed by atoms with Crippen LogP contribution in [-0.2, 0) is 12.8 Å². The number of nitrogens with two attached hydrogens (primary N) is 1. The van der Waals surface area contributed by atoms with Crippen molar-refractivity contribution in [2.24, 2.45) is 0 Å². The van der Waals surface area contributed by atoms with E-state index in [0.717, 1.165) is 24.2 Å². The first-order valence-electron chi connectivity index (χ1n) is 4.45. The van der Waals surface area contributed by atoms with Gasteiger partial charge in [0.1, 0.15) is 12.1 Å². The van der Waals surface area contributed by atoms with Gasteiger partial charge in [-0.05, 0) is 25.0 Å². The normalized spacial score (nSPS) is 10.3. The molecule has 2 rings (SSSR count). The van der Waals surface area contributed by atoms with E-state index in [2.05, 4.69) is 10.1 Å². The third kappa shape index (κ3) is 2.10. The molecule has 14 heavy (non-hydrogen) atoms. The Balaban J connectivity index is 1.98. The lowest BCUT2D eigenvalue weighted by molar-refractivity contribution is 0.411. The molecule has 4 heteroatoms. The second-order valence-corrected chi connectivity index (χ2v) is 3.04. The SMILES string of the molecule is Nc1cccc(CCc2ccon2)n1. The lowest BCUT2D eigenvalue weighted by Gasteiger charge is -1.98. The monoisotopic (exact) mass is 189 g/mol. The summed E-state index contributed by atoms with van der Waals surface area (Å²) in [7, 11) is 0. The molecule has 0 aliphatic carbocycles. The van der Waals surface area contributed by atoms with Gasteiger partial charge in [0.15, 0.2) is 0 Å². The van der Waals surface area contributed by atoms with Crippen molar-refractivity contribution in [2.75, 3.05) is 5.73 Å². The lowest BCUT2D eigenvalue weighted by Crippen LogP contribution is -1.97. The van der Waals surface area contributed by atoms with Gasteiger partial charge in [-0.15, -0.1) is 0 Å². The summed E-state index contributed by atoms with van der Waals surface area (Å²) in [6, 6.07) is 7.49. The average Bonchev–Trinajstić information content (AvgIpc) is 2.67. The van der Waals surface area contributed by atoms with E-state index in [1.54, 1.807) is 12.3 Å². The zero-order valence-electron chi connectivity index (χ0n) is 7.68. The molecule has 0 aromatic carbocycles. The van der Waals surface area contributed by atoms with E-state index in [0.29, 0.717) is 5.82 Å². The quantitative estimate of drug-likeness (QED) is 0.793. The third-order valence-corrected chi connectivity index (χ3v) is 1.96. The minimum atomic E-state index is 0.558. The minimum absolute atomic E-state index is 0.558. The molecule has 0 saturated heterocycles. The molecule has 0 atom stereocenters. The Labute approximate surface area is 81.7 Å². The highest BCUT2D eigenvalue weighted by Gasteiger charge is 1.99. The number of nitrogens with zero attached hydrogens (tertiary/aromatic N) is 2. The first kappa shape index (κ1) is 8.74.